The van der Waals surface area contributed by atoms with Crippen LogP contribution in [0.2, 0.25) is 0 Å². The van der Waals surface area contributed by atoms with Crippen molar-refractivity contribution in [1.82, 2.24) is 19.5 Å². The highest BCUT2D eigenvalue weighted by Crippen LogP contribution is 2.21. The minimum Gasteiger partial charge on any atom is -0.313 e. The van der Waals surface area contributed by atoms with Gasteiger partial charge in [-0.05, 0) is 38.7 Å². The highest BCUT2D eigenvalue weighted by Gasteiger charge is 2.34. The molecule has 1 aliphatic rings. The second kappa shape index (κ2) is 6.83. The van der Waals surface area contributed by atoms with Crippen LogP contribution in [0.5, 0.6) is 0 Å². The van der Waals surface area contributed by atoms with E-state index in [0.717, 1.165) is 18.5 Å². The number of rotatable bonds is 6. The fraction of sp³-hybridized carbons (Fsp3) is 0.643. The maximum Gasteiger partial charge on any atom is 0.260 e. The molecule has 2 heterocycles. The van der Waals surface area contributed by atoms with Gasteiger partial charge in [-0.1, -0.05) is 13.0 Å². The molecule has 0 spiro atoms. The zero-order valence-electron chi connectivity index (χ0n) is 12.9. The van der Waals surface area contributed by atoms with Crippen LogP contribution in [0.1, 0.15) is 18.9 Å². The van der Waals surface area contributed by atoms with Crippen molar-refractivity contribution in [2.75, 3.05) is 33.7 Å². The van der Waals surface area contributed by atoms with E-state index in [1.54, 1.807) is 12.3 Å². The first kappa shape index (κ1) is 16.4. The van der Waals surface area contributed by atoms with Crippen molar-refractivity contribution in [2.24, 2.45) is 0 Å². The largest absolute Gasteiger partial charge is 0.313 e. The quantitative estimate of drug-likeness (QED) is 0.829. The highest BCUT2D eigenvalue weighted by atomic mass is 32.2. The summed E-state index contributed by atoms with van der Waals surface area (Å²) in [4.78, 5) is 6.21. The number of likely N-dealkylation sites (N-methyl/N-ethyl adjacent to an activating group) is 1. The van der Waals surface area contributed by atoms with Crippen LogP contribution >= 0.6 is 0 Å². The molecule has 0 bridgehead atoms. The van der Waals surface area contributed by atoms with Crippen molar-refractivity contribution >= 4 is 10.0 Å². The van der Waals surface area contributed by atoms with E-state index in [1.807, 2.05) is 27.1 Å². The van der Waals surface area contributed by atoms with Crippen LogP contribution < -0.4 is 5.32 Å². The minimum absolute atomic E-state index is 0.141. The summed E-state index contributed by atoms with van der Waals surface area (Å²) in [7, 11) is 0.494. The van der Waals surface area contributed by atoms with Gasteiger partial charge in [-0.2, -0.15) is 4.31 Å². The molecule has 1 fully saturated rings. The van der Waals surface area contributed by atoms with E-state index in [2.05, 4.69) is 15.2 Å². The maximum absolute atomic E-state index is 12.6. The number of pyridine rings is 1. The van der Waals surface area contributed by atoms with E-state index in [4.69, 9.17) is 0 Å². The van der Waals surface area contributed by atoms with Gasteiger partial charge in [0.1, 0.15) is 0 Å². The number of nitrogens with zero attached hydrogens (tertiary/aromatic N) is 3. The Hall–Kier alpha value is -1.02. The van der Waals surface area contributed by atoms with Gasteiger partial charge < -0.3 is 10.2 Å². The van der Waals surface area contributed by atoms with Gasteiger partial charge in [0.25, 0.3) is 10.0 Å². The molecule has 118 valence electrons. The smallest absolute Gasteiger partial charge is 0.260 e. The summed E-state index contributed by atoms with van der Waals surface area (Å²) < 4.78 is 26.6. The van der Waals surface area contributed by atoms with Crippen LogP contribution in [-0.2, 0) is 16.6 Å². The fourth-order valence-corrected chi connectivity index (χ4v) is 3.82. The van der Waals surface area contributed by atoms with Crippen molar-refractivity contribution in [2.45, 2.75) is 31.0 Å². The first-order valence-corrected chi connectivity index (χ1v) is 8.71. The fourth-order valence-electron chi connectivity index (χ4n) is 2.42. The molecule has 1 atom stereocenters. The van der Waals surface area contributed by atoms with Crippen LogP contribution in [0.25, 0.3) is 0 Å². The number of hydrogen-bond acceptors (Lipinski definition) is 5. The summed E-state index contributed by atoms with van der Waals surface area (Å²) in [5, 5.41) is 3.33. The van der Waals surface area contributed by atoms with Gasteiger partial charge in [0.15, 0.2) is 5.03 Å². The lowest BCUT2D eigenvalue weighted by Crippen LogP contribution is -2.34. The average Bonchev–Trinajstić information content (AvgIpc) is 2.96. The third kappa shape index (κ3) is 3.79. The van der Waals surface area contributed by atoms with E-state index in [0.29, 0.717) is 19.6 Å². The molecule has 1 unspecified atom stereocenters. The van der Waals surface area contributed by atoms with E-state index in [1.165, 1.54) is 4.31 Å². The molecule has 0 aliphatic carbocycles. The Morgan fingerprint density at radius 3 is 2.71 bits per heavy atom. The zero-order valence-corrected chi connectivity index (χ0v) is 13.7. The van der Waals surface area contributed by atoms with E-state index in [-0.39, 0.29) is 11.1 Å². The van der Waals surface area contributed by atoms with Crippen molar-refractivity contribution in [3.05, 3.63) is 23.9 Å². The first-order chi connectivity index (χ1) is 9.95. The number of sulfonamides is 1. The lowest BCUT2D eigenvalue weighted by molar-refractivity contribution is 0.302. The molecule has 2 rings (SSSR count). The predicted octanol–water partition coefficient (Wildman–Crippen LogP) is 0.516. The zero-order chi connectivity index (χ0) is 15.5. The Labute approximate surface area is 127 Å². The summed E-state index contributed by atoms with van der Waals surface area (Å²) in [6, 6.07) is 3.71. The molecular formula is C14H24N4O2S. The Kier molecular flexibility index (Phi) is 5.32. The normalized spacial score (nSPS) is 20.3. The number of hydrogen-bond donors (Lipinski definition) is 1. The lowest BCUT2D eigenvalue weighted by Gasteiger charge is -2.20. The van der Waals surface area contributed by atoms with E-state index < -0.39 is 10.0 Å². The predicted molar refractivity (Wildman–Crippen MR) is 82.5 cm³/mol. The Balaban J connectivity index is 2.09. The lowest BCUT2D eigenvalue weighted by atomic mass is 10.2. The molecule has 0 radical (unpaired) electrons. The van der Waals surface area contributed by atoms with Crippen LogP contribution in [0.4, 0.5) is 0 Å². The molecule has 21 heavy (non-hydrogen) atoms. The second-order valence-electron chi connectivity index (χ2n) is 5.55. The second-order valence-corrected chi connectivity index (χ2v) is 7.44. The third-order valence-corrected chi connectivity index (χ3v) is 5.62. The molecule has 1 N–H and O–H groups in total. The van der Waals surface area contributed by atoms with E-state index >= 15 is 0 Å². The molecule has 7 heteroatoms. The summed E-state index contributed by atoms with van der Waals surface area (Å²) >= 11 is 0. The van der Waals surface area contributed by atoms with Crippen molar-refractivity contribution < 1.29 is 8.42 Å². The molecular weight excluding hydrogens is 288 g/mol. The molecule has 1 saturated heterocycles. The van der Waals surface area contributed by atoms with Crippen LogP contribution in [0.15, 0.2) is 23.4 Å². The Morgan fingerprint density at radius 2 is 2.19 bits per heavy atom. The number of aromatic nitrogens is 1. The van der Waals surface area contributed by atoms with Crippen molar-refractivity contribution in [3.8, 4) is 0 Å². The molecule has 1 aromatic heterocycles. The average molecular weight is 312 g/mol. The maximum atomic E-state index is 12.6. The molecule has 1 aromatic rings. The van der Waals surface area contributed by atoms with Gasteiger partial charge in [-0.15, -0.1) is 0 Å². The molecule has 6 nitrogen and oxygen atoms in total. The minimum atomic E-state index is -3.47. The van der Waals surface area contributed by atoms with Crippen LogP contribution in [0.3, 0.4) is 0 Å². The summed E-state index contributed by atoms with van der Waals surface area (Å²) in [6.07, 6.45) is 2.50. The van der Waals surface area contributed by atoms with Gasteiger partial charge in [0.2, 0.25) is 0 Å². The first-order valence-electron chi connectivity index (χ1n) is 7.27. The molecule has 0 amide bonds. The summed E-state index contributed by atoms with van der Waals surface area (Å²) in [6.45, 7) is 4.71. The van der Waals surface area contributed by atoms with Gasteiger partial charge in [0, 0.05) is 31.9 Å². The number of nitrogens with one attached hydrogen (secondary N) is 1. The van der Waals surface area contributed by atoms with E-state index in [9.17, 15) is 8.42 Å². The van der Waals surface area contributed by atoms with Gasteiger partial charge >= 0.3 is 0 Å². The highest BCUT2D eigenvalue weighted by molar-refractivity contribution is 7.89. The molecule has 1 aliphatic heterocycles. The summed E-state index contributed by atoms with van der Waals surface area (Å²) in [5.74, 6) is 0. The van der Waals surface area contributed by atoms with Crippen LogP contribution in [0, 0.1) is 0 Å². The Morgan fingerprint density at radius 1 is 1.43 bits per heavy atom. The van der Waals surface area contributed by atoms with Crippen molar-refractivity contribution in [3.63, 3.8) is 0 Å². The molecule has 0 saturated carbocycles. The van der Waals surface area contributed by atoms with Crippen LogP contribution in [-0.4, -0.2) is 62.4 Å². The van der Waals surface area contributed by atoms with Gasteiger partial charge in [0.05, 0.1) is 0 Å². The molecule has 0 aromatic carbocycles. The third-order valence-electron chi connectivity index (χ3n) is 3.84. The monoisotopic (exact) mass is 312 g/mol. The standard InChI is InChI=1S/C14H24N4O2S/c1-4-15-9-12-5-6-14(16-10-12)21(19,20)18-8-7-13(11-18)17(2)3/h5-6,10,13,15H,4,7-9,11H2,1-3H3. The SMILES string of the molecule is CCNCc1ccc(S(=O)(=O)N2CCC(N(C)C)C2)nc1. The van der Waals surface area contributed by atoms with Gasteiger partial charge in [-0.3, -0.25) is 0 Å². The van der Waals surface area contributed by atoms with Crippen molar-refractivity contribution in [1.29, 1.82) is 0 Å². The topological polar surface area (TPSA) is 65.5 Å². The summed E-state index contributed by atoms with van der Waals surface area (Å²) in [5.41, 5.74) is 0.989. The Bertz CT molecular complexity index is 557. The van der Waals surface area contributed by atoms with Gasteiger partial charge in [-0.25, -0.2) is 13.4 Å².